The van der Waals surface area contributed by atoms with Gasteiger partial charge >= 0.3 is 5.97 Å². The number of hydrogen-bond donors (Lipinski definition) is 1. The maximum Gasteiger partial charge on any atom is 0.339 e. The quantitative estimate of drug-likeness (QED) is 0.844. The molecule has 0 amide bonds. The molecular weight excluding hydrogens is 251 g/mol. The highest BCUT2D eigenvalue weighted by molar-refractivity contribution is 6.30. The summed E-state index contributed by atoms with van der Waals surface area (Å²) in [4.78, 5) is 11.3. The first-order valence-electron chi connectivity index (χ1n) is 4.88. The van der Waals surface area contributed by atoms with E-state index >= 15 is 0 Å². The number of benzene rings is 1. The number of rotatable bonds is 4. The number of carbonyl (C=O) groups is 1. The molecule has 1 aromatic carbocycles. The summed E-state index contributed by atoms with van der Waals surface area (Å²) in [6.45, 7) is 1.71. The van der Waals surface area contributed by atoms with Crippen molar-refractivity contribution in [3.63, 3.8) is 0 Å². The van der Waals surface area contributed by atoms with Gasteiger partial charge in [-0.3, -0.25) is 0 Å². The Morgan fingerprint density at radius 3 is 2.76 bits per heavy atom. The number of aliphatic hydroxyl groups excluding tert-OH is 1. The van der Waals surface area contributed by atoms with Crippen molar-refractivity contribution in [1.29, 1.82) is 0 Å². The molecule has 0 bridgehead atoms. The van der Waals surface area contributed by atoms with Gasteiger partial charge in [-0.15, -0.1) is 0 Å². The van der Waals surface area contributed by atoms with Crippen LogP contribution in [0, 0.1) is 5.82 Å². The molecule has 0 spiro atoms. The second kappa shape index (κ2) is 5.84. The van der Waals surface area contributed by atoms with Gasteiger partial charge in [-0.25, -0.2) is 9.18 Å². The second-order valence-corrected chi connectivity index (χ2v) is 3.60. The van der Waals surface area contributed by atoms with E-state index in [1.165, 1.54) is 13.2 Å². The van der Waals surface area contributed by atoms with Crippen molar-refractivity contribution in [3.8, 4) is 5.75 Å². The molecule has 0 radical (unpaired) electrons. The molecular formula is C11H12ClFO4. The number of aliphatic hydroxyl groups is 1. The first-order valence-corrected chi connectivity index (χ1v) is 5.26. The summed E-state index contributed by atoms with van der Waals surface area (Å²) >= 11 is 5.65. The smallest absolute Gasteiger partial charge is 0.339 e. The Bertz CT molecular complexity index is 422. The number of ether oxygens (including phenoxy) is 2. The first-order chi connectivity index (χ1) is 8.01. The van der Waals surface area contributed by atoms with Crippen molar-refractivity contribution in [3.05, 3.63) is 28.5 Å². The molecule has 6 heteroatoms. The summed E-state index contributed by atoms with van der Waals surface area (Å²) < 4.78 is 22.9. The number of esters is 1. The zero-order valence-corrected chi connectivity index (χ0v) is 10.1. The predicted molar refractivity (Wildman–Crippen MR) is 59.6 cm³/mol. The van der Waals surface area contributed by atoms with Crippen molar-refractivity contribution in [1.82, 2.24) is 0 Å². The second-order valence-electron chi connectivity index (χ2n) is 3.16. The minimum Gasteiger partial charge on any atom is -0.493 e. The summed E-state index contributed by atoms with van der Waals surface area (Å²) in [6.07, 6.45) is -1.63. The topological polar surface area (TPSA) is 55.8 Å². The lowest BCUT2D eigenvalue weighted by Crippen LogP contribution is -2.16. The molecule has 1 unspecified atom stereocenters. The van der Waals surface area contributed by atoms with Crippen LogP contribution >= 0.6 is 11.6 Å². The molecule has 1 rings (SSSR count). The van der Waals surface area contributed by atoms with Crippen LogP contribution in [-0.2, 0) is 9.53 Å². The van der Waals surface area contributed by atoms with E-state index in [0.717, 1.165) is 6.07 Å². The van der Waals surface area contributed by atoms with Crippen LogP contribution in [0.2, 0.25) is 5.02 Å². The van der Waals surface area contributed by atoms with E-state index in [1.807, 2.05) is 0 Å². The van der Waals surface area contributed by atoms with Gasteiger partial charge in [-0.1, -0.05) is 11.6 Å². The highest BCUT2D eigenvalue weighted by Gasteiger charge is 2.25. The molecule has 1 N–H and O–H groups in total. The van der Waals surface area contributed by atoms with Gasteiger partial charge in [0.2, 0.25) is 0 Å². The fourth-order valence-corrected chi connectivity index (χ4v) is 1.56. The summed E-state index contributed by atoms with van der Waals surface area (Å²) in [5.74, 6) is -1.86. The van der Waals surface area contributed by atoms with Crippen molar-refractivity contribution < 1.29 is 23.8 Å². The summed E-state index contributed by atoms with van der Waals surface area (Å²) in [7, 11) is 1.23. The van der Waals surface area contributed by atoms with E-state index < -0.39 is 17.9 Å². The third-order valence-corrected chi connectivity index (χ3v) is 2.26. The number of hydrogen-bond acceptors (Lipinski definition) is 4. The molecule has 4 nitrogen and oxygen atoms in total. The molecule has 17 heavy (non-hydrogen) atoms. The highest BCUT2D eigenvalue weighted by Crippen LogP contribution is 2.32. The SMILES string of the molecule is CCOC(=O)C(O)c1cc(Cl)cc(F)c1OC. The van der Waals surface area contributed by atoms with Crippen molar-refractivity contribution in [2.45, 2.75) is 13.0 Å². The Labute approximate surface area is 103 Å². The van der Waals surface area contributed by atoms with Crippen LogP contribution in [0.4, 0.5) is 4.39 Å². The minimum atomic E-state index is -1.63. The standard InChI is InChI=1S/C11H12ClFO4/c1-3-17-11(15)9(14)7-4-6(12)5-8(13)10(7)16-2/h4-5,9,14H,3H2,1-2H3. The van der Waals surface area contributed by atoms with Crippen LogP contribution < -0.4 is 4.74 Å². The van der Waals surface area contributed by atoms with Gasteiger partial charge in [0.25, 0.3) is 0 Å². The van der Waals surface area contributed by atoms with Gasteiger partial charge in [-0.05, 0) is 19.1 Å². The predicted octanol–water partition coefficient (Wildman–Crippen LogP) is 2.08. The van der Waals surface area contributed by atoms with Gasteiger partial charge in [0.05, 0.1) is 13.7 Å². The third kappa shape index (κ3) is 3.08. The zero-order chi connectivity index (χ0) is 13.0. The van der Waals surface area contributed by atoms with E-state index in [1.54, 1.807) is 6.92 Å². The monoisotopic (exact) mass is 262 g/mol. The largest absolute Gasteiger partial charge is 0.493 e. The van der Waals surface area contributed by atoms with E-state index in [0.29, 0.717) is 0 Å². The van der Waals surface area contributed by atoms with Gasteiger partial charge in [0.1, 0.15) is 0 Å². The molecule has 0 saturated carbocycles. The lowest BCUT2D eigenvalue weighted by molar-refractivity contribution is -0.153. The summed E-state index contributed by atoms with van der Waals surface area (Å²) in [5.41, 5.74) is -0.0593. The molecule has 0 saturated heterocycles. The zero-order valence-electron chi connectivity index (χ0n) is 9.37. The normalized spacial score (nSPS) is 12.1. The lowest BCUT2D eigenvalue weighted by Gasteiger charge is -2.14. The minimum absolute atomic E-state index is 0.0571. The fourth-order valence-electron chi connectivity index (χ4n) is 1.35. The Kier molecular flexibility index (Phi) is 4.72. The maximum absolute atomic E-state index is 13.4. The molecule has 0 aliphatic rings. The number of halogens is 2. The Morgan fingerprint density at radius 2 is 2.24 bits per heavy atom. The number of methoxy groups -OCH3 is 1. The molecule has 94 valence electrons. The van der Waals surface area contributed by atoms with Crippen LogP contribution in [0.5, 0.6) is 5.75 Å². The molecule has 0 aromatic heterocycles. The van der Waals surface area contributed by atoms with E-state index in [2.05, 4.69) is 4.74 Å². The van der Waals surface area contributed by atoms with Crippen LogP contribution in [-0.4, -0.2) is 24.8 Å². The molecule has 0 heterocycles. The summed E-state index contributed by atoms with van der Waals surface area (Å²) in [5, 5.41) is 9.76. The molecule has 0 aliphatic carbocycles. The highest BCUT2D eigenvalue weighted by atomic mass is 35.5. The molecule has 0 fully saturated rings. The Balaban J connectivity index is 3.15. The average molecular weight is 263 g/mol. The average Bonchev–Trinajstić information content (AvgIpc) is 2.27. The van der Waals surface area contributed by atoms with Crippen molar-refractivity contribution in [2.24, 2.45) is 0 Å². The third-order valence-electron chi connectivity index (χ3n) is 2.05. The van der Waals surface area contributed by atoms with E-state index in [4.69, 9.17) is 16.3 Å². The van der Waals surface area contributed by atoms with Gasteiger partial charge < -0.3 is 14.6 Å². The van der Waals surface area contributed by atoms with Gasteiger partial charge in [0.15, 0.2) is 17.7 Å². The Morgan fingerprint density at radius 1 is 1.59 bits per heavy atom. The van der Waals surface area contributed by atoms with Crippen LogP contribution in [0.3, 0.4) is 0 Å². The molecule has 0 aliphatic heterocycles. The summed E-state index contributed by atoms with van der Waals surface area (Å²) in [6, 6.07) is 2.28. The lowest BCUT2D eigenvalue weighted by atomic mass is 10.1. The molecule has 1 aromatic rings. The van der Waals surface area contributed by atoms with E-state index in [9.17, 15) is 14.3 Å². The Hall–Kier alpha value is -1.33. The van der Waals surface area contributed by atoms with Crippen LogP contribution in [0.1, 0.15) is 18.6 Å². The van der Waals surface area contributed by atoms with Gasteiger partial charge in [-0.2, -0.15) is 0 Å². The van der Waals surface area contributed by atoms with E-state index in [-0.39, 0.29) is 22.9 Å². The van der Waals surface area contributed by atoms with Crippen LogP contribution in [0.25, 0.3) is 0 Å². The molecule has 1 atom stereocenters. The fraction of sp³-hybridized carbons (Fsp3) is 0.364. The maximum atomic E-state index is 13.4. The van der Waals surface area contributed by atoms with Crippen LogP contribution in [0.15, 0.2) is 12.1 Å². The van der Waals surface area contributed by atoms with Crippen molar-refractivity contribution in [2.75, 3.05) is 13.7 Å². The number of carbonyl (C=O) groups excluding carboxylic acids is 1. The van der Waals surface area contributed by atoms with Gasteiger partial charge in [0, 0.05) is 10.6 Å². The van der Waals surface area contributed by atoms with Crippen molar-refractivity contribution >= 4 is 17.6 Å². The first kappa shape index (κ1) is 13.7.